The van der Waals surface area contributed by atoms with Crippen molar-refractivity contribution in [1.29, 1.82) is 0 Å². The van der Waals surface area contributed by atoms with Gasteiger partial charge in [-0.25, -0.2) is 0 Å². The Kier molecular flexibility index (Phi) is 4.14. The molecule has 1 fully saturated rings. The zero-order valence-electron chi connectivity index (χ0n) is 13.3. The molecule has 0 bridgehead atoms. The van der Waals surface area contributed by atoms with Gasteiger partial charge in [-0.15, -0.1) is 0 Å². The zero-order chi connectivity index (χ0) is 15.8. The predicted molar refractivity (Wildman–Crippen MR) is 81.5 cm³/mol. The van der Waals surface area contributed by atoms with E-state index in [2.05, 4.69) is 0 Å². The normalized spacial score (nSPS) is 22.6. The monoisotopic (exact) mass is 292 g/mol. The summed E-state index contributed by atoms with van der Waals surface area (Å²) in [6, 6.07) is 5.22. The van der Waals surface area contributed by atoms with Gasteiger partial charge in [-0.05, 0) is 26.8 Å². The Morgan fingerprint density at radius 3 is 2.43 bits per heavy atom. The van der Waals surface area contributed by atoms with Crippen molar-refractivity contribution < 1.29 is 14.3 Å². The van der Waals surface area contributed by atoms with Crippen molar-refractivity contribution in [2.45, 2.75) is 44.8 Å². The summed E-state index contributed by atoms with van der Waals surface area (Å²) in [4.78, 5) is 14.2. The van der Waals surface area contributed by atoms with Crippen molar-refractivity contribution in [2.75, 3.05) is 14.2 Å². The van der Waals surface area contributed by atoms with Crippen LogP contribution in [0.2, 0.25) is 0 Å². The smallest absolute Gasteiger partial charge is 0.225 e. The van der Waals surface area contributed by atoms with Gasteiger partial charge in [0.15, 0.2) is 11.5 Å². The van der Waals surface area contributed by atoms with E-state index in [1.165, 1.54) is 0 Å². The minimum absolute atomic E-state index is 0.0740. The van der Waals surface area contributed by atoms with E-state index in [1.807, 2.05) is 43.9 Å². The number of nitrogens with zero attached hydrogens (tertiary/aromatic N) is 1. The number of para-hydroxylation sites is 1. The Balaban J connectivity index is 2.56. The van der Waals surface area contributed by atoms with E-state index in [-0.39, 0.29) is 23.5 Å². The van der Waals surface area contributed by atoms with Gasteiger partial charge >= 0.3 is 0 Å². The van der Waals surface area contributed by atoms with Gasteiger partial charge in [0.05, 0.1) is 20.3 Å². The molecule has 116 valence electrons. The summed E-state index contributed by atoms with van der Waals surface area (Å²) >= 11 is 0. The van der Waals surface area contributed by atoms with Crippen LogP contribution in [0.25, 0.3) is 0 Å². The zero-order valence-corrected chi connectivity index (χ0v) is 13.3. The summed E-state index contributed by atoms with van der Waals surface area (Å²) in [5, 5.41) is 0. The summed E-state index contributed by atoms with van der Waals surface area (Å²) in [6.45, 7) is 6.05. The van der Waals surface area contributed by atoms with E-state index in [9.17, 15) is 4.79 Å². The van der Waals surface area contributed by atoms with Gasteiger partial charge in [0.25, 0.3) is 0 Å². The number of carbonyl (C=O) groups excluding carboxylic acids is 1. The summed E-state index contributed by atoms with van der Waals surface area (Å²) in [6.07, 6.45) is 0.350. The largest absolute Gasteiger partial charge is 0.493 e. The van der Waals surface area contributed by atoms with Crippen LogP contribution in [0, 0.1) is 0 Å². The first-order valence-corrected chi connectivity index (χ1v) is 7.10. The average Bonchev–Trinajstić information content (AvgIpc) is 2.72. The Labute approximate surface area is 126 Å². The number of hydrogen-bond acceptors (Lipinski definition) is 4. The van der Waals surface area contributed by atoms with Gasteiger partial charge in [-0.1, -0.05) is 12.1 Å². The summed E-state index contributed by atoms with van der Waals surface area (Å²) in [5.74, 6) is 1.37. The molecule has 2 atom stereocenters. The molecular weight excluding hydrogens is 268 g/mol. The number of rotatable bonds is 3. The van der Waals surface area contributed by atoms with Gasteiger partial charge in [-0.3, -0.25) is 4.79 Å². The standard InChI is InChI=1S/C16H24N2O3/c1-16(2,3)18-13(19)9-11(17)14(18)10-7-6-8-12(20-4)15(10)21-5/h6-8,11,14H,9,17H2,1-5H3. The minimum Gasteiger partial charge on any atom is -0.493 e. The van der Waals surface area contributed by atoms with E-state index >= 15 is 0 Å². The molecule has 1 aromatic carbocycles. The molecule has 0 aliphatic carbocycles. The van der Waals surface area contributed by atoms with Crippen LogP contribution in [0.5, 0.6) is 11.5 Å². The van der Waals surface area contributed by atoms with Gasteiger partial charge in [0.2, 0.25) is 5.91 Å². The predicted octanol–water partition coefficient (Wildman–Crippen LogP) is 2.10. The highest BCUT2D eigenvalue weighted by atomic mass is 16.5. The maximum atomic E-state index is 12.3. The molecule has 2 rings (SSSR count). The molecule has 0 radical (unpaired) electrons. The molecule has 1 aromatic rings. The fourth-order valence-electron chi connectivity index (χ4n) is 3.06. The number of amides is 1. The van der Waals surface area contributed by atoms with Crippen molar-refractivity contribution >= 4 is 5.91 Å². The first-order chi connectivity index (χ1) is 9.81. The first kappa shape index (κ1) is 15.6. The fourth-order valence-corrected chi connectivity index (χ4v) is 3.06. The maximum absolute atomic E-state index is 12.3. The van der Waals surface area contributed by atoms with Gasteiger partial charge in [-0.2, -0.15) is 0 Å². The molecule has 1 saturated heterocycles. The third-order valence-corrected chi connectivity index (χ3v) is 3.84. The second-order valence-corrected chi connectivity index (χ2v) is 6.33. The van der Waals surface area contributed by atoms with Gasteiger partial charge in [0.1, 0.15) is 0 Å². The molecule has 1 amide bonds. The minimum atomic E-state index is -0.302. The highest BCUT2D eigenvalue weighted by Gasteiger charge is 2.45. The van der Waals surface area contributed by atoms with Gasteiger partial charge < -0.3 is 20.1 Å². The van der Waals surface area contributed by atoms with E-state index in [4.69, 9.17) is 15.2 Å². The summed E-state index contributed by atoms with van der Waals surface area (Å²) < 4.78 is 10.9. The number of likely N-dealkylation sites (tertiary alicyclic amines) is 1. The van der Waals surface area contributed by atoms with E-state index in [0.29, 0.717) is 17.9 Å². The number of benzene rings is 1. The van der Waals surface area contributed by atoms with E-state index in [1.54, 1.807) is 14.2 Å². The lowest BCUT2D eigenvalue weighted by molar-refractivity contribution is -0.133. The van der Waals surface area contributed by atoms with E-state index in [0.717, 1.165) is 5.56 Å². The topological polar surface area (TPSA) is 64.8 Å². The van der Waals surface area contributed by atoms with Crippen molar-refractivity contribution in [3.63, 3.8) is 0 Å². The van der Waals surface area contributed by atoms with Crippen LogP contribution in [-0.2, 0) is 4.79 Å². The van der Waals surface area contributed by atoms with Crippen LogP contribution in [0.15, 0.2) is 18.2 Å². The van der Waals surface area contributed by atoms with Crippen LogP contribution in [0.1, 0.15) is 38.8 Å². The second kappa shape index (κ2) is 5.56. The number of hydrogen-bond donors (Lipinski definition) is 1. The Morgan fingerprint density at radius 1 is 1.24 bits per heavy atom. The maximum Gasteiger partial charge on any atom is 0.225 e. The van der Waals surface area contributed by atoms with Crippen LogP contribution >= 0.6 is 0 Å². The molecule has 5 nitrogen and oxygen atoms in total. The highest BCUT2D eigenvalue weighted by Crippen LogP contribution is 2.43. The molecule has 0 spiro atoms. The Hall–Kier alpha value is -1.75. The molecular formula is C16H24N2O3. The Bertz CT molecular complexity index is 537. The quantitative estimate of drug-likeness (QED) is 0.926. The van der Waals surface area contributed by atoms with Crippen molar-refractivity contribution in [1.82, 2.24) is 4.90 Å². The van der Waals surface area contributed by atoms with Crippen molar-refractivity contribution in [2.24, 2.45) is 5.73 Å². The second-order valence-electron chi connectivity index (χ2n) is 6.33. The fraction of sp³-hybridized carbons (Fsp3) is 0.562. The number of ether oxygens (including phenoxy) is 2. The molecule has 0 saturated carbocycles. The molecule has 0 aromatic heterocycles. The van der Waals surface area contributed by atoms with E-state index < -0.39 is 0 Å². The molecule has 1 aliphatic rings. The lowest BCUT2D eigenvalue weighted by Gasteiger charge is -2.38. The van der Waals surface area contributed by atoms with Crippen LogP contribution in [-0.4, -0.2) is 36.6 Å². The number of nitrogens with two attached hydrogens (primary N) is 1. The Morgan fingerprint density at radius 2 is 1.90 bits per heavy atom. The SMILES string of the molecule is COc1cccc(C2C(N)CC(=O)N2C(C)(C)C)c1OC. The number of methoxy groups -OCH3 is 2. The molecule has 1 aliphatic heterocycles. The number of carbonyl (C=O) groups is 1. The summed E-state index contributed by atoms with van der Waals surface area (Å²) in [7, 11) is 3.20. The third kappa shape index (κ3) is 2.70. The lowest BCUT2D eigenvalue weighted by Crippen LogP contribution is -2.45. The van der Waals surface area contributed by atoms with Crippen LogP contribution in [0.3, 0.4) is 0 Å². The third-order valence-electron chi connectivity index (χ3n) is 3.84. The molecule has 1 heterocycles. The molecule has 2 unspecified atom stereocenters. The van der Waals surface area contributed by atoms with Crippen LogP contribution < -0.4 is 15.2 Å². The highest BCUT2D eigenvalue weighted by molar-refractivity contribution is 5.81. The van der Waals surface area contributed by atoms with Crippen molar-refractivity contribution in [3.05, 3.63) is 23.8 Å². The van der Waals surface area contributed by atoms with Crippen LogP contribution in [0.4, 0.5) is 0 Å². The summed E-state index contributed by atoms with van der Waals surface area (Å²) in [5.41, 5.74) is 6.84. The first-order valence-electron chi connectivity index (χ1n) is 7.10. The molecule has 5 heteroatoms. The average molecular weight is 292 g/mol. The van der Waals surface area contributed by atoms with Crippen molar-refractivity contribution in [3.8, 4) is 11.5 Å². The molecule has 2 N–H and O–H groups in total. The van der Waals surface area contributed by atoms with Gasteiger partial charge in [0, 0.05) is 23.6 Å². The molecule has 21 heavy (non-hydrogen) atoms. The lowest BCUT2D eigenvalue weighted by atomic mass is 9.96.